The summed E-state index contributed by atoms with van der Waals surface area (Å²) in [5.41, 5.74) is 0.451. The molecule has 20 heavy (non-hydrogen) atoms. The van der Waals surface area contributed by atoms with Crippen molar-refractivity contribution in [2.24, 2.45) is 5.92 Å². The molecule has 4 nitrogen and oxygen atoms in total. The van der Waals surface area contributed by atoms with Crippen molar-refractivity contribution in [2.75, 3.05) is 24.7 Å². The molecule has 1 unspecified atom stereocenters. The molecule has 0 spiro atoms. The van der Waals surface area contributed by atoms with Crippen molar-refractivity contribution < 1.29 is 13.2 Å². The van der Waals surface area contributed by atoms with E-state index in [2.05, 4.69) is 15.9 Å². The van der Waals surface area contributed by atoms with Gasteiger partial charge in [-0.1, -0.05) is 22.0 Å². The number of alkyl halides is 1. The zero-order valence-corrected chi connectivity index (χ0v) is 13.8. The van der Waals surface area contributed by atoms with E-state index in [9.17, 15) is 13.2 Å². The van der Waals surface area contributed by atoms with E-state index in [1.165, 1.54) is 12.1 Å². The molecule has 1 aliphatic rings. The molecule has 1 amide bonds. The summed E-state index contributed by atoms with van der Waals surface area (Å²) in [6.07, 6.45) is 3.23. The van der Waals surface area contributed by atoms with Crippen LogP contribution >= 0.6 is 15.9 Å². The van der Waals surface area contributed by atoms with Gasteiger partial charge in [-0.2, -0.15) is 0 Å². The van der Waals surface area contributed by atoms with Crippen LogP contribution in [0.2, 0.25) is 0 Å². The molecule has 1 aromatic rings. The Morgan fingerprint density at radius 3 is 2.85 bits per heavy atom. The van der Waals surface area contributed by atoms with E-state index in [1.807, 2.05) is 4.90 Å². The number of carbonyl (C=O) groups excluding carboxylic acids is 1. The average molecular weight is 360 g/mol. The minimum Gasteiger partial charge on any atom is -0.338 e. The minimum absolute atomic E-state index is 0.0763. The third kappa shape index (κ3) is 3.61. The zero-order chi connectivity index (χ0) is 14.8. The van der Waals surface area contributed by atoms with Crippen molar-refractivity contribution in [1.29, 1.82) is 0 Å². The molecule has 2 rings (SSSR count). The van der Waals surface area contributed by atoms with E-state index in [4.69, 9.17) is 0 Å². The third-order valence-corrected chi connectivity index (χ3v) is 5.17. The summed E-state index contributed by atoms with van der Waals surface area (Å²) >= 11 is 3.42. The van der Waals surface area contributed by atoms with Gasteiger partial charge in [0.2, 0.25) is 0 Å². The van der Waals surface area contributed by atoms with Crippen LogP contribution in [0.4, 0.5) is 0 Å². The van der Waals surface area contributed by atoms with Crippen molar-refractivity contribution in [1.82, 2.24) is 4.90 Å². The van der Waals surface area contributed by atoms with Crippen molar-refractivity contribution >= 4 is 31.7 Å². The van der Waals surface area contributed by atoms with Gasteiger partial charge in [-0.3, -0.25) is 4.79 Å². The van der Waals surface area contributed by atoms with Gasteiger partial charge in [-0.15, -0.1) is 0 Å². The fourth-order valence-corrected chi connectivity index (χ4v) is 3.76. The van der Waals surface area contributed by atoms with Crippen LogP contribution in [-0.2, 0) is 9.84 Å². The first-order valence-electron chi connectivity index (χ1n) is 6.57. The molecule has 0 N–H and O–H groups in total. The van der Waals surface area contributed by atoms with Gasteiger partial charge in [-0.05, 0) is 37.0 Å². The van der Waals surface area contributed by atoms with Crippen molar-refractivity contribution in [3.8, 4) is 0 Å². The normalized spacial score (nSPS) is 19.3. The van der Waals surface area contributed by atoms with Gasteiger partial charge in [0, 0.05) is 30.2 Å². The van der Waals surface area contributed by atoms with Crippen LogP contribution in [0.15, 0.2) is 29.2 Å². The summed E-state index contributed by atoms with van der Waals surface area (Å²) in [5.74, 6) is 0.462. The Morgan fingerprint density at radius 2 is 2.20 bits per heavy atom. The molecule has 0 aromatic heterocycles. The van der Waals surface area contributed by atoms with E-state index < -0.39 is 9.84 Å². The first-order chi connectivity index (χ1) is 9.41. The lowest BCUT2D eigenvalue weighted by Gasteiger charge is -2.16. The Labute approximate surface area is 128 Å². The monoisotopic (exact) mass is 359 g/mol. The van der Waals surface area contributed by atoms with Gasteiger partial charge in [0.05, 0.1) is 4.90 Å². The van der Waals surface area contributed by atoms with Crippen molar-refractivity contribution in [2.45, 2.75) is 17.7 Å². The van der Waals surface area contributed by atoms with E-state index in [0.29, 0.717) is 11.5 Å². The molecule has 6 heteroatoms. The van der Waals surface area contributed by atoms with E-state index in [0.717, 1.165) is 37.5 Å². The number of hydrogen-bond donors (Lipinski definition) is 0. The maximum absolute atomic E-state index is 12.4. The maximum atomic E-state index is 12.4. The second-order valence-corrected chi connectivity index (χ2v) is 7.99. The predicted molar refractivity (Wildman–Crippen MR) is 82.0 cm³/mol. The van der Waals surface area contributed by atoms with Gasteiger partial charge >= 0.3 is 0 Å². The lowest BCUT2D eigenvalue weighted by Crippen LogP contribution is -2.28. The Bertz CT molecular complexity index is 600. The number of amides is 1. The molecule has 1 aliphatic heterocycles. The van der Waals surface area contributed by atoms with Crippen LogP contribution in [0.5, 0.6) is 0 Å². The van der Waals surface area contributed by atoms with Gasteiger partial charge in [0.15, 0.2) is 9.84 Å². The molecule has 1 heterocycles. The molecule has 110 valence electrons. The number of nitrogens with zero attached hydrogens (tertiary/aromatic N) is 1. The predicted octanol–water partition coefficient (Wildman–Crippen LogP) is 2.34. The quantitative estimate of drug-likeness (QED) is 0.775. The number of likely N-dealkylation sites (tertiary alicyclic amines) is 1. The fraction of sp³-hybridized carbons (Fsp3) is 0.500. The number of halogens is 1. The van der Waals surface area contributed by atoms with Crippen molar-refractivity contribution in [3.05, 3.63) is 29.8 Å². The largest absolute Gasteiger partial charge is 0.338 e. The highest BCUT2D eigenvalue weighted by Crippen LogP contribution is 2.22. The molecular formula is C14H18BrNO3S. The van der Waals surface area contributed by atoms with Gasteiger partial charge in [0.25, 0.3) is 5.91 Å². The topological polar surface area (TPSA) is 54.5 Å². The number of carbonyl (C=O) groups is 1. The number of sulfone groups is 1. The molecular weight excluding hydrogens is 342 g/mol. The summed E-state index contributed by atoms with van der Waals surface area (Å²) in [5, 5.41) is 0.948. The maximum Gasteiger partial charge on any atom is 0.253 e. The minimum atomic E-state index is -3.28. The molecule has 0 aliphatic carbocycles. The van der Waals surface area contributed by atoms with Crippen LogP contribution in [0, 0.1) is 5.92 Å². The van der Waals surface area contributed by atoms with Crippen molar-refractivity contribution in [3.63, 3.8) is 0 Å². The molecule has 1 saturated heterocycles. The Balaban J connectivity index is 2.14. The fourth-order valence-electron chi connectivity index (χ4n) is 2.45. The summed E-state index contributed by atoms with van der Waals surface area (Å²) in [7, 11) is -3.28. The number of benzene rings is 1. The lowest BCUT2D eigenvalue weighted by molar-refractivity contribution is 0.0786. The summed E-state index contributed by atoms with van der Waals surface area (Å²) in [4.78, 5) is 14.4. The zero-order valence-electron chi connectivity index (χ0n) is 11.4. The van der Waals surface area contributed by atoms with Crippen LogP contribution < -0.4 is 0 Å². The van der Waals surface area contributed by atoms with Crippen LogP contribution in [-0.4, -0.2) is 43.9 Å². The van der Waals surface area contributed by atoms with Gasteiger partial charge in [0.1, 0.15) is 0 Å². The molecule has 1 atom stereocenters. The van der Waals surface area contributed by atoms with Gasteiger partial charge in [-0.25, -0.2) is 8.42 Å². The SMILES string of the molecule is CS(=O)(=O)c1cccc(C(=O)N2CCC(CCBr)C2)c1. The van der Waals surface area contributed by atoms with Gasteiger partial charge < -0.3 is 4.90 Å². The van der Waals surface area contributed by atoms with Crippen LogP contribution in [0.3, 0.4) is 0 Å². The first kappa shape index (κ1) is 15.5. The summed E-state index contributed by atoms with van der Waals surface area (Å²) in [6, 6.07) is 6.28. The van der Waals surface area contributed by atoms with E-state index in [1.54, 1.807) is 12.1 Å². The summed E-state index contributed by atoms with van der Waals surface area (Å²) in [6.45, 7) is 1.51. The molecule has 1 aromatic carbocycles. The molecule has 0 saturated carbocycles. The number of hydrogen-bond acceptors (Lipinski definition) is 3. The Hall–Kier alpha value is -0.880. The standard InChI is InChI=1S/C14H18BrNO3S/c1-20(18,19)13-4-2-3-12(9-13)14(17)16-8-6-11(10-16)5-7-15/h2-4,9,11H,5-8,10H2,1H3. The number of rotatable bonds is 4. The van der Waals surface area contributed by atoms with Crippen LogP contribution in [0.25, 0.3) is 0 Å². The van der Waals surface area contributed by atoms with Crippen LogP contribution in [0.1, 0.15) is 23.2 Å². The highest BCUT2D eigenvalue weighted by atomic mass is 79.9. The third-order valence-electron chi connectivity index (χ3n) is 3.60. The highest BCUT2D eigenvalue weighted by Gasteiger charge is 2.26. The lowest BCUT2D eigenvalue weighted by atomic mass is 10.1. The molecule has 1 fully saturated rings. The second-order valence-electron chi connectivity index (χ2n) is 5.18. The first-order valence-corrected chi connectivity index (χ1v) is 9.58. The van der Waals surface area contributed by atoms with E-state index >= 15 is 0 Å². The molecule has 0 radical (unpaired) electrons. The average Bonchev–Trinajstić information content (AvgIpc) is 2.86. The van der Waals surface area contributed by atoms with E-state index in [-0.39, 0.29) is 10.8 Å². The Morgan fingerprint density at radius 1 is 1.45 bits per heavy atom. The second kappa shape index (κ2) is 6.26. The Kier molecular flexibility index (Phi) is 4.86. The highest BCUT2D eigenvalue weighted by molar-refractivity contribution is 9.09. The smallest absolute Gasteiger partial charge is 0.253 e. The summed E-state index contributed by atoms with van der Waals surface area (Å²) < 4.78 is 23.1. The molecule has 0 bridgehead atoms.